The normalized spacial score (nSPS) is 18.4. The third kappa shape index (κ3) is 3.74. The van der Waals surface area contributed by atoms with Gasteiger partial charge in [-0.2, -0.15) is 12.6 Å². The minimum Gasteiger partial charge on any atom is -0.344 e. The third-order valence-corrected chi connectivity index (χ3v) is 2.85. The van der Waals surface area contributed by atoms with Crippen LogP contribution in [0.4, 0.5) is 0 Å². The summed E-state index contributed by atoms with van der Waals surface area (Å²) in [6.07, 6.45) is 3.33. The number of amides is 2. The smallest absolute Gasteiger partial charge is 0.244 e. The van der Waals surface area contributed by atoms with Gasteiger partial charge in [0.2, 0.25) is 11.8 Å². The SMILES string of the molecule is CC(NC(=O)CS)C(=O)N1CCCCC1. The molecule has 0 saturated carbocycles. The number of thiol groups is 1. The highest BCUT2D eigenvalue weighted by Crippen LogP contribution is 2.09. The van der Waals surface area contributed by atoms with Crippen LogP contribution < -0.4 is 5.32 Å². The summed E-state index contributed by atoms with van der Waals surface area (Å²) in [5.74, 6) is -0.0570. The lowest BCUT2D eigenvalue weighted by Gasteiger charge is -2.29. The lowest BCUT2D eigenvalue weighted by atomic mass is 10.1. The Bertz CT molecular complexity index is 240. The van der Waals surface area contributed by atoms with Crippen LogP contribution in [0.15, 0.2) is 0 Å². The van der Waals surface area contributed by atoms with E-state index < -0.39 is 6.04 Å². The first-order valence-electron chi connectivity index (χ1n) is 5.34. The van der Waals surface area contributed by atoms with Gasteiger partial charge in [0.1, 0.15) is 6.04 Å². The summed E-state index contributed by atoms with van der Waals surface area (Å²) in [6, 6.07) is -0.428. The number of hydrogen-bond acceptors (Lipinski definition) is 3. The maximum absolute atomic E-state index is 11.8. The zero-order valence-electron chi connectivity index (χ0n) is 9.03. The van der Waals surface area contributed by atoms with E-state index in [1.807, 2.05) is 4.90 Å². The van der Waals surface area contributed by atoms with E-state index in [0.717, 1.165) is 25.9 Å². The predicted molar refractivity (Wildman–Crippen MR) is 61.9 cm³/mol. The molecule has 2 amide bonds. The summed E-state index contributed by atoms with van der Waals surface area (Å²) >= 11 is 3.85. The Kier molecular flexibility index (Phi) is 4.94. The second-order valence-corrected chi connectivity index (χ2v) is 4.15. The number of carbonyl (C=O) groups excluding carboxylic acids is 2. The summed E-state index contributed by atoms with van der Waals surface area (Å²) < 4.78 is 0. The largest absolute Gasteiger partial charge is 0.344 e. The van der Waals surface area contributed by atoms with Crippen molar-refractivity contribution >= 4 is 24.4 Å². The van der Waals surface area contributed by atoms with Crippen LogP contribution in [-0.4, -0.2) is 41.6 Å². The number of piperidine rings is 1. The van der Waals surface area contributed by atoms with E-state index in [-0.39, 0.29) is 17.6 Å². The van der Waals surface area contributed by atoms with Crippen molar-refractivity contribution < 1.29 is 9.59 Å². The quantitative estimate of drug-likeness (QED) is 0.691. The predicted octanol–water partition coefficient (Wildman–Crippen LogP) is 0.433. The van der Waals surface area contributed by atoms with Gasteiger partial charge < -0.3 is 10.2 Å². The molecule has 1 unspecified atom stereocenters. The molecule has 1 aliphatic heterocycles. The van der Waals surface area contributed by atoms with Crippen LogP contribution in [0.1, 0.15) is 26.2 Å². The van der Waals surface area contributed by atoms with Gasteiger partial charge in [-0.1, -0.05) is 0 Å². The number of carbonyl (C=O) groups is 2. The molecule has 1 N–H and O–H groups in total. The van der Waals surface area contributed by atoms with Crippen LogP contribution in [0.2, 0.25) is 0 Å². The molecule has 0 aromatic carbocycles. The molecule has 1 fully saturated rings. The molecule has 15 heavy (non-hydrogen) atoms. The fraction of sp³-hybridized carbons (Fsp3) is 0.800. The lowest BCUT2D eigenvalue weighted by molar-refractivity contribution is -0.136. The second-order valence-electron chi connectivity index (χ2n) is 3.83. The van der Waals surface area contributed by atoms with E-state index in [2.05, 4.69) is 17.9 Å². The first kappa shape index (κ1) is 12.4. The highest BCUT2D eigenvalue weighted by molar-refractivity contribution is 7.81. The Labute approximate surface area is 95.8 Å². The fourth-order valence-electron chi connectivity index (χ4n) is 1.74. The first-order chi connectivity index (χ1) is 7.15. The Morgan fingerprint density at radius 3 is 2.47 bits per heavy atom. The second kappa shape index (κ2) is 6.00. The average molecular weight is 230 g/mol. The zero-order valence-corrected chi connectivity index (χ0v) is 9.93. The summed E-state index contributed by atoms with van der Waals surface area (Å²) in [4.78, 5) is 24.7. The molecule has 0 spiro atoms. The Morgan fingerprint density at radius 2 is 1.93 bits per heavy atom. The molecule has 4 nitrogen and oxygen atoms in total. The van der Waals surface area contributed by atoms with Gasteiger partial charge in [0.05, 0.1) is 5.75 Å². The van der Waals surface area contributed by atoms with Crippen molar-refractivity contribution in [2.75, 3.05) is 18.8 Å². The van der Waals surface area contributed by atoms with Gasteiger partial charge in [-0.05, 0) is 26.2 Å². The van der Waals surface area contributed by atoms with Gasteiger partial charge in [0, 0.05) is 13.1 Å². The number of nitrogens with one attached hydrogen (secondary N) is 1. The summed E-state index contributed by atoms with van der Waals surface area (Å²) in [5, 5.41) is 2.62. The third-order valence-electron chi connectivity index (χ3n) is 2.56. The van der Waals surface area contributed by atoms with Gasteiger partial charge in [-0.25, -0.2) is 0 Å². The molecule has 5 heteroatoms. The van der Waals surface area contributed by atoms with Crippen molar-refractivity contribution in [3.63, 3.8) is 0 Å². The van der Waals surface area contributed by atoms with Crippen molar-refractivity contribution in [1.29, 1.82) is 0 Å². The molecular weight excluding hydrogens is 212 g/mol. The molecular formula is C10H18N2O2S. The van der Waals surface area contributed by atoms with Crippen LogP contribution in [-0.2, 0) is 9.59 Å². The summed E-state index contributed by atoms with van der Waals surface area (Å²) in [5.41, 5.74) is 0. The van der Waals surface area contributed by atoms with Crippen molar-refractivity contribution in [3.8, 4) is 0 Å². The minimum atomic E-state index is -0.428. The molecule has 0 bridgehead atoms. The first-order valence-corrected chi connectivity index (χ1v) is 5.97. The van der Waals surface area contributed by atoms with Gasteiger partial charge >= 0.3 is 0 Å². The topological polar surface area (TPSA) is 49.4 Å². The van der Waals surface area contributed by atoms with E-state index in [0.29, 0.717) is 0 Å². The number of nitrogens with zero attached hydrogens (tertiary/aromatic N) is 1. The van der Waals surface area contributed by atoms with Crippen molar-refractivity contribution in [2.24, 2.45) is 0 Å². The van der Waals surface area contributed by atoms with Crippen LogP contribution in [0.5, 0.6) is 0 Å². The minimum absolute atomic E-state index is 0.0184. The number of hydrogen-bond donors (Lipinski definition) is 2. The number of rotatable bonds is 3. The average Bonchev–Trinajstić information content (AvgIpc) is 2.29. The van der Waals surface area contributed by atoms with Gasteiger partial charge in [-0.15, -0.1) is 0 Å². The Balaban J connectivity index is 2.40. The fourth-order valence-corrected chi connectivity index (χ4v) is 1.83. The lowest BCUT2D eigenvalue weighted by Crippen LogP contribution is -2.48. The van der Waals surface area contributed by atoms with Crippen LogP contribution in [0.25, 0.3) is 0 Å². The van der Waals surface area contributed by atoms with Gasteiger partial charge in [0.25, 0.3) is 0 Å². The molecule has 1 saturated heterocycles. The van der Waals surface area contributed by atoms with Crippen molar-refractivity contribution in [3.05, 3.63) is 0 Å². The molecule has 0 aromatic rings. The standard InChI is InChI=1S/C10H18N2O2S/c1-8(11-9(13)7-15)10(14)12-5-3-2-4-6-12/h8,15H,2-7H2,1H3,(H,11,13). The summed E-state index contributed by atoms with van der Waals surface area (Å²) in [6.45, 7) is 3.36. The monoisotopic (exact) mass is 230 g/mol. The van der Waals surface area contributed by atoms with Crippen LogP contribution in [0.3, 0.4) is 0 Å². The van der Waals surface area contributed by atoms with E-state index in [9.17, 15) is 9.59 Å². The van der Waals surface area contributed by atoms with Gasteiger partial charge in [-0.3, -0.25) is 9.59 Å². The van der Waals surface area contributed by atoms with Crippen LogP contribution >= 0.6 is 12.6 Å². The molecule has 1 aliphatic rings. The molecule has 1 rings (SSSR count). The molecule has 0 aromatic heterocycles. The van der Waals surface area contributed by atoms with E-state index >= 15 is 0 Å². The Hall–Kier alpha value is -0.710. The van der Waals surface area contributed by atoms with E-state index in [1.54, 1.807) is 6.92 Å². The maximum atomic E-state index is 11.8. The molecule has 1 atom stereocenters. The van der Waals surface area contributed by atoms with Crippen molar-refractivity contribution in [2.45, 2.75) is 32.2 Å². The molecule has 1 heterocycles. The Morgan fingerprint density at radius 1 is 1.33 bits per heavy atom. The van der Waals surface area contributed by atoms with Gasteiger partial charge in [0.15, 0.2) is 0 Å². The van der Waals surface area contributed by atoms with E-state index in [1.165, 1.54) is 6.42 Å². The summed E-state index contributed by atoms with van der Waals surface area (Å²) in [7, 11) is 0. The maximum Gasteiger partial charge on any atom is 0.244 e. The number of likely N-dealkylation sites (tertiary alicyclic amines) is 1. The van der Waals surface area contributed by atoms with E-state index in [4.69, 9.17) is 0 Å². The molecule has 0 radical (unpaired) electrons. The molecule has 86 valence electrons. The highest BCUT2D eigenvalue weighted by Gasteiger charge is 2.22. The molecule has 0 aliphatic carbocycles. The van der Waals surface area contributed by atoms with Crippen molar-refractivity contribution in [1.82, 2.24) is 10.2 Å². The zero-order chi connectivity index (χ0) is 11.3. The highest BCUT2D eigenvalue weighted by atomic mass is 32.1. The van der Waals surface area contributed by atoms with Crippen LogP contribution in [0, 0.1) is 0 Å².